The SMILES string of the molecule is CC(C)[C@H](NC=O)C(=O)OC[C@H](O)[C@H](O)[C@H](O)[C@H](O)COC(=O)[C@H](NC=O)C(C)C. The molecule has 12 nitrogen and oxygen atoms in total. The molecule has 2 amide bonds. The Morgan fingerprint density at radius 2 is 1.03 bits per heavy atom. The fourth-order valence-electron chi connectivity index (χ4n) is 2.38. The molecule has 0 aromatic rings. The maximum Gasteiger partial charge on any atom is 0.328 e. The van der Waals surface area contributed by atoms with Crippen LogP contribution in [0.3, 0.4) is 0 Å². The maximum absolute atomic E-state index is 11.9. The molecule has 0 aliphatic carbocycles. The molecule has 12 heteroatoms. The Labute approximate surface area is 174 Å². The minimum atomic E-state index is -1.93. The van der Waals surface area contributed by atoms with Crippen molar-refractivity contribution in [1.29, 1.82) is 0 Å². The van der Waals surface area contributed by atoms with Gasteiger partial charge in [0.1, 0.15) is 49.7 Å². The van der Waals surface area contributed by atoms with Crippen molar-refractivity contribution in [1.82, 2.24) is 10.6 Å². The van der Waals surface area contributed by atoms with Crippen LogP contribution in [0.25, 0.3) is 0 Å². The first-order chi connectivity index (χ1) is 14.0. The van der Waals surface area contributed by atoms with Crippen molar-refractivity contribution in [2.45, 2.75) is 64.2 Å². The number of carbonyl (C=O) groups excluding carboxylic acids is 4. The lowest BCUT2D eigenvalue weighted by molar-refractivity contribution is -0.165. The van der Waals surface area contributed by atoms with Crippen LogP contribution in [0.5, 0.6) is 0 Å². The molecule has 6 N–H and O–H groups in total. The third-order valence-electron chi connectivity index (χ3n) is 4.27. The zero-order valence-electron chi connectivity index (χ0n) is 17.4. The smallest absolute Gasteiger partial charge is 0.328 e. The van der Waals surface area contributed by atoms with Gasteiger partial charge in [-0.05, 0) is 11.8 Å². The predicted octanol–water partition coefficient (Wildman–Crippen LogP) is -2.94. The third-order valence-corrected chi connectivity index (χ3v) is 4.27. The van der Waals surface area contributed by atoms with Crippen LogP contribution in [0.4, 0.5) is 0 Å². The summed E-state index contributed by atoms with van der Waals surface area (Å²) in [6.07, 6.45) is -6.74. The van der Waals surface area contributed by atoms with Gasteiger partial charge in [0, 0.05) is 0 Å². The van der Waals surface area contributed by atoms with E-state index in [9.17, 15) is 39.6 Å². The normalized spacial score (nSPS) is 17.3. The van der Waals surface area contributed by atoms with Crippen LogP contribution in [0, 0.1) is 11.8 Å². The number of hydrogen-bond donors (Lipinski definition) is 6. The van der Waals surface area contributed by atoms with E-state index >= 15 is 0 Å². The summed E-state index contributed by atoms with van der Waals surface area (Å²) in [6.45, 7) is 5.19. The topological polar surface area (TPSA) is 192 Å². The van der Waals surface area contributed by atoms with E-state index in [2.05, 4.69) is 10.6 Å². The number of ether oxygens (including phenoxy) is 2. The molecule has 0 rings (SSSR count). The fourth-order valence-corrected chi connectivity index (χ4v) is 2.38. The Balaban J connectivity index is 4.66. The Bertz CT molecular complexity index is 509. The quantitative estimate of drug-likeness (QED) is 0.114. The molecule has 0 spiro atoms. The molecule has 0 fully saturated rings. The van der Waals surface area contributed by atoms with Crippen molar-refractivity contribution in [2.75, 3.05) is 13.2 Å². The van der Waals surface area contributed by atoms with Crippen LogP contribution in [0.15, 0.2) is 0 Å². The number of carbonyl (C=O) groups is 4. The van der Waals surface area contributed by atoms with Gasteiger partial charge in [0.15, 0.2) is 0 Å². The van der Waals surface area contributed by atoms with E-state index in [1.807, 2.05) is 0 Å². The van der Waals surface area contributed by atoms with Crippen LogP contribution in [-0.4, -0.2) is 94.9 Å². The summed E-state index contributed by atoms with van der Waals surface area (Å²) in [7, 11) is 0. The highest BCUT2D eigenvalue weighted by Crippen LogP contribution is 2.10. The summed E-state index contributed by atoms with van der Waals surface area (Å²) in [4.78, 5) is 44.9. The fraction of sp³-hybridized carbons (Fsp3) is 0.778. The monoisotopic (exact) mass is 436 g/mol. The zero-order chi connectivity index (χ0) is 23.4. The summed E-state index contributed by atoms with van der Waals surface area (Å²) in [5, 5.41) is 44.2. The Morgan fingerprint density at radius 3 is 1.27 bits per heavy atom. The Morgan fingerprint density at radius 1 is 0.733 bits per heavy atom. The van der Waals surface area contributed by atoms with Crippen LogP contribution in [0.2, 0.25) is 0 Å². The highest BCUT2D eigenvalue weighted by molar-refractivity contribution is 5.79. The second-order valence-corrected chi connectivity index (χ2v) is 7.39. The van der Waals surface area contributed by atoms with Gasteiger partial charge in [0.25, 0.3) is 0 Å². The van der Waals surface area contributed by atoms with E-state index in [4.69, 9.17) is 9.47 Å². The molecule has 0 saturated carbocycles. The highest BCUT2D eigenvalue weighted by Gasteiger charge is 2.33. The summed E-state index contributed by atoms with van der Waals surface area (Å²) in [5.41, 5.74) is 0. The second-order valence-electron chi connectivity index (χ2n) is 7.39. The number of esters is 2. The van der Waals surface area contributed by atoms with Crippen LogP contribution >= 0.6 is 0 Å². The highest BCUT2D eigenvalue weighted by atomic mass is 16.6. The standard InChI is InChI=1S/C18H32N2O10/c1-9(2)13(19-7-21)17(27)29-5-11(23)15(25)16(26)12(24)6-30-18(28)14(10(3)4)20-8-22/h7-16,23-26H,5-6H2,1-4H3,(H,19,21)(H,20,22)/t11-,12+,13-,14+,15-,16+. The molecule has 0 aliphatic heterocycles. The summed E-state index contributed by atoms with van der Waals surface area (Å²) < 4.78 is 9.65. The molecule has 0 heterocycles. The summed E-state index contributed by atoms with van der Waals surface area (Å²) in [6, 6.07) is -1.92. The van der Waals surface area contributed by atoms with Gasteiger partial charge in [0.2, 0.25) is 12.8 Å². The first-order valence-corrected chi connectivity index (χ1v) is 9.42. The maximum atomic E-state index is 11.9. The van der Waals surface area contributed by atoms with E-state index in [1.165, 1.54) is 0 Å². The molecule has 174 valence electrons. The molecule has 0 radical (unpaired) electrons. The molecule has 0 saturated heterocycles. The van der Waals surface area contributed by atoms with E-state index < -0.39 is 61.7 Å². The average Bonchev–Trinajstić information content (AvgIpc) is 2.69. The van der Waals surface area contributed by atoms with Crippen molar-refractivity contribution in [3.05, 3.63) is 0 Å². The van der Waals surface area contributed by atoms with Crippen molar-refractivity contribution < 1.29 is 49.1 Å². The minimum absolute atomic E-state index is 0.296. The van der Waals surface area contributed by atoms with Crippen LogP contribution in [-0.2, 0) is 28.7 Å². The summed E-state index contributed by atoms with van der Waals surface area (Å²) in [5.74, 6) is -2.30. The largest absolute Gasteiger partial charge is 0.461 e. The van der Waals surface area contributed by atoms with E-state index in [1.54, 1.807) is 27.7 Å². The van der Waals surface area contributed by atoms with E-state index in [0.29, 0.717) is 12.8 Å². The van der Waals surface area contributed by atoms with Crippen molar-refractivity contribution in [3.8, 4) is 0 Å². The number of amides is 2. The first-order valence-electron chi connectivity index (χ1n) is 9.42. The number of rotatable bonds is 15. The second kappa shape index (κ2) is 13.9. The molecule has 0 aliphatic rings. The Hall–Kier alpha value is -2.28. The molecule has 0 aromatic heterocycles. The molecule has 0 unspecified atom stereocenters. The van der Waals surface area contributed by atoms with Gasteiger partial charge in [0.05, 0.1) is 0 Å². The molecular formula is C18H32N2O10. The van der Waals surface area contributed by atoms with E-state index in [0.717, 1.165) is 0 Å². The predicted molar refractivity (Wildman–Crippen MR) is 102 cm³/mol. The molecule has 0 bridgehead atoms. The van der Waals surface area contributed by atoms with Gasteiger partial charge in [-0.1, -0.05) is 27.7 Å². The lowest BCUT2D eigenvalue weighted by atomic mass is 10.0. The number of nitrogens with one attached hydrogen (secondary N) is 2. The molecule has 6 atom stereocenters. The van der Waals surface area contributed by atoms with Gasteiger partial charge in [-0.3, -0.25) is 9.59 Å². The minimum Gasteiger partial charge on any atom is -0.461 e. The number of aliphatic hydroxyl groups excluding tert-OH is 4. The number of aliphatic hydroxyl groups is 4. The summed E-state index contributed by atoms with van der Waals surface area (Å²) >= 11 is 0. The third kappa shape index (κ3) is 9.03. The van der Waals surface area contributed by atoms with Gasteiger partial charge < -0.3 is 40.5 Å². The van der Waals surface area contributed by atoms with Crippen molar-refractivity contribution >= 4 is 24.8 Å². The van der Waals surface area contributed by atoms with E-state index in [-0.39, 0.29) is 11.8 Å². The Kier molecular flexibility index (Phi) is 12.8. The molecule has 0 aromatic carbocycles. The molecule has 30 heavy (non-hydrogen) atoms. The lowest BCUT2D eigenvalue weighted by Crippen LogP contribution is -2.49. The lowest BCUT2D eigenvalue weighted by Gasteiger charge is -2.27. The van der Waals surface area contributed by atoms with Gasteiger partial charge in [-0.25, -0.2) is 9.59 Å². The van der Waals surface area contributed by atoms with Crippen LogP contribution < -0.4 is 10.6 Å². The van der Waals surface area contributed by atoms with Crippen molar-refractivity contribution in [2.24, 2.45) is 11.8 Å². The van der Waals surface area contributed by atoms with Gasteiger partial charge in [-0.2, -0.15) is 0 Å². The molecular weight excluding hydrogens is 404 g/mol. The first kappa shape index (κ1) is 27.7. The van der Waals surface area contributed by atoms with Gasteiger partial charge >= 0.3 is 11.9 Å². The van der Waals surface area contributed by atoms with Gasteiger partial charge in [-0.15, -0.1) is 0 Å². The number of hydrogen-bond acceptors (Lipinski definition) is 10. The zero-order valence-corrected chi connectivity index (χ0v) is 17.4. The van der Waals surface area contributed by atoms with Crippen molar-refractivity contribution in [3.63, 3.8) is 0 Å². The van der Waals surface area contributed by atoms with Crippen LogP contribution in [0.1, 0.15) is 27.7 Å². The average molecular weight is 436 g/mol.